The molecule has 2 nitrogen and oxygen atoms in total. The number of hydrogen-bond acceptors (Lipinski definition) is 2. The second-order valence-electron chi connectivity index (χ2n) is 6.19. The van der Waals surface area contributed by atoms with Crippen molar-refractivity contribution < 1.29 is 4.74 Å². The Kier molecular flexibility index (Phi) is 4.87. The molecule has 0 radical (unpaired) electrons. The van der Waals surface area contributed by atoms with E-state index < -0.39 is 0 Å². The fraction of sp³-hybridized carbons (Fsp3) is 0.647. The maximum atomic E-state index is 6.26. The number of likely N-dealkylation sites (N-methyl/N-ethyl adjacent to an activating group) is 1. The normalized spacial score (nSPS) is 27.5. The lowest BCUT2D eigenvalue weighted by Gasteiger charge is -2.37. The fourth-order valence-corrected chi connectivity index (χ4v) is 3.09. The van der Waals surface area contributed by atoms with Crippen LogP contribution < -0.4 is 10.1 Å². The van der Waals surface area contributed by atoms with Crippen molar-refractivity contribution in [1.82, 2.24) is 5.32 Å². The van der Waals surface area contributed by atoms with E-state index in [1.807, 2.05) is 7.05 Å². The average molecular weight is 261 g/mol. The molecule has 1 aromatic rings. The van der Waals surface area contributed by atoms with Gasteiger partial charge in [0.15, 0.2) is 0 Å². The minimum Gasteiger partial charge on any atom is -0.489 e. The van der Waals surface area contributed by atoms with Gasteiger partial charge in [0, 0.05) is 6.04 Å². The first kappa shape index (κ1) is 14.4. The number of ether oxygens (including phenoxy) is 1. The van der Waals surface area contributed by atoms with Crippen molar-refractivity contribution in [1.29, 1.82) is 0 Å². The highest BCUT2D eigenvalue weighted by molar-refractivity contribution is 5.27. The van der Waals surface area contributed by atoms with Crippen molar-refractivity contribution in [3.05, 3.63) is 29.8 Å². The topological polar surface area (TPSA) is 21.3 Å². The van der Waals surface area contributed by atoms with E-state index in [0.717, 1.165) is 24.0 Å². The van der Waals surface area contributed by atoms with Crippen LogP contribution >= 0.6 is 0 Å². The van der Waals surface area contributed by atoms with Crippen LogP contribution in [0.1, 0.15) is 38.7 Å². The third-order valence-corrected chi connectivity index (χ3v) is 4.42. The molecule has 1 saturated carbocycles. The van der Waals surface area contributed by atoms with E-state index in [9.17, 15) is 0 Å². The molecule has 0 heterocycles. The van der Waals surface area contributed by atoms with Gasteiger partial charge in [-0.2, -0.15) is 0 Å². The first-order valence-corrected chi connectivity index (χ1v) is 7.50. The summed E-state index contributed by atoms with van der Waals surface area (Å²) in [5.41, 5.74) is 1.26. The molecule has 2 rings (SSSR count). The van der Waals surface area contributed by atoms with Gasteiger partial charge in [0.05, 0.1) is 0 Å². The third-order valence-electron chi connectivity index (χ3n) is 4.42. The van der Waals surface area contributed by atoms with Gasteiger partial charge >= 0.3 is 0 Å². The monoisotopic (exact) mass is 261 g/mol. The number of nitrogens with one attached hydrogen (secondary N) is 1. The van der Waals surface area contributed by atoms with Crippen molar-refractivity contribution in [2.45, 2.75) is 52.2 Å². The van der Waals surface area contributed by atoms with E-state index in [-0.39, 0.29) is 0 Å². The quantitative estimate of drug-likeness (QED) is 0.890. The lowest BCUT2D eigenvalue weighted by atomic mass is 9.78. The minimum absolute atomic E-state index is 0.299. The average Bonchev–Trinajstić information content (AvgIpc) is 2.38. The van der Waals surface area contributed by atoms with Crippen LogP contribution in [0.15, 0.2) is 24.3 Å². The van der Waals surface area contributed by atoms with Gasteiger partial charge in [0.2, 0.25) is 0 Å². The molecule has 19 heavy (non-hydrogen) atoms. The Bertz CT molecular complexity index is 402. The summed E-state index contributed by atoms with van der Waals surface area (Å²) in [5.74, 6) is 2.55. The summed E-state index contributed by atoms with van der Waals surface area (Å²) in [6.07, 6.45) is 4.00. The van der Waals surface area contributed by atoms with Crippen molar-refractivity contribution in [2.75, 3.05) is 7.05 Å². The van der Waals surface area contributed by atoms with Crippen LogP contribution in [0.3, 0.4) is 0 Å². The Morgan fingerprint density at radius 3 is 2.68 bits per heavy atom. The first-order valence-electron chi connectivity index (χ1n) is 7.50. The van der Waals surface area contributed by atoms with Crippen molar-refractivity contribution in [2.24, 2.45) is 11.8 Å². The Morgan fingerprint density at radius 2 is 2.05 bits per heavy atom. The lowest BCUT2D eigenvalue weighted by molar-refractivity contribution is 0.0749. The van der Waals surface area contributed by atoms with Crippen LogP contribution in [0.5, 0.6) is 5.75 Å². The molecule has 1 N–H and O–H groups in total. The Morgan fingerprint density at radius 1 is 1.26 bits per heavy atom. The maximum absolute atomic E-state index is 6.26. The van der Waals surface area contributed by atoms with Gasteiger partial charge in [0.25, 0.3) is 0 Å². The molecule has 0 amide bonds. The van der Waals surface area contributed by atoms with Crippen LogP contribution in [0.4, 0.5) is 0 Å². The Balaban J connectivity index is 2.06. The molecule has 0 saturated heterocycles. The standard InChI is InChI=1S/C17H27NO/c1-12(2)14-8-9-16(18-4)17(11-14)19-15-7-5-6-13(3)10-15/h5-7,10,12,14,16-18H,8-9,11H2,1-4H3. The number of rotatable bonds is 4. The molecule has 0 aliphatic heterocycles. The van der Waals surface area contributed by atoms with Gasteiger partial charge in [-0.3, -0.25) is 0 Å². The smallest absolute Gasteiger partial charge is 0.120 e. The van der Waals surface area contributed by atoms with Crippen molar-refractivity contribution >= 4 is 0 Å². The molecule has 1 aromatic carbocycles. The predicted octanol–water partition coefficient (Wildman–Crippen LogP) is 3.79. The molecule has 2 heteroatoms. The summed E-state index contributed by atoms with van der Waals surface area (Å²) in [5, 5.41) is 3.42. The molecule has 0 spiro atoms. The van der Waals surface area contributed by atoms with Crippen molar-refractivity contribution in [3.8, 4) is 5.75 Å². The largest absolute Gasteiger partial charge is 0.489 e. The summed E-state index contributed by atoms with van der Waals surface area (Å²) in [4.78, 5) is 0. The highest BCUT2D eigenvalue weighted by atomic mass is 16.5. The van der Waals surface area contributed by atoms with Gasteiger partial charge in [0.1, 0.15) is 11.9 Å². The van der Waals surface area contributed by atoms with Gasteiger partial charge in [-0.05, 0) is 62.8 Å². The van der Waals surface area contributed by atoms with Gasteiger partial charge in [-0.25, -0.2) is 0 Å². The zero-order valence-electron chi connectivity index (χ0n) is 12.6. The van der Waals surface area contributed by atoms with Crippen molar-refractivity contribution in [3.63, 3.8) is 0 Å². The van der Waals surface area contributed by atoms with Crippen LogP contribution in [0.25, 0.3) is 0 Å². The zero-order chi connectivity index (χ0) is 13.8. The predicted molar refractivity (Wildman–Crippen MR) is 80.6 cm³/mol. The van der Waals surface area contributed by atoms with Crippen LogP contribution in [-0.2, 0) is 0 Å². The number of hydrogen-bond donors (Lipinski definition) is 1. The lowest BCUT2D eigenvalue weighted by Crippen LogP contribution is -2.46. The SMILES string of the molecule is CNC1CCC(C(C)C)CC1Oc1cccc(C)c1. The molecule has 1 aliphatic rings. The Hall–Kier alpha value is -1.02. The molecule has 0 aromatic heterocycles. The summed E-state index contributed by atoms with van der Waals surface area (Å²) >= 11 is 0. The second kappa shape index (κ2) is 6.42. The third kappa shape index (κ3) is 3.73. The van der Waals surface area contributed by atoms with E-state index in [2.05, 4.69) is 50.4 Å². The molecule has 1 fully saturated rings. The number of aryl methyl sites for hydroxylation is 1. The fourth-order valence-electron chi connectivity index (χ4n) is 3.09. The Labute approximate surface area is 117 Å². The minimum atomic E-state index is 0.299. The molecule has 1 aliphatic carbocycles. The van der Waals surface area contributed by atoms with E-state index in [1.54, 1.807) is 0 Å². The maximum Gasteiger partial charge on any atom is 0.120 e. The van der Waals surface area contributed by atoms with E-state index in [1.165, 1.54) is 18.4 Å². The van der Waals surface area contributed by atoms with Crippen LogP contribution in [0.2, 0.25) is 0 Å². The summed E-state index contributed by atoms with van der Waals surface area (Å²) in [6.45, 7) is 6.77. The zero-order valence-corrected chi connectivity index (χ0v) is 12.6. The van der Waals surface area contributed by atoms with Crippen LogP contribution in [-0.4, -0.2) is 19.2 Å². The summed E-state index contributed by atoms with van der Waals surface area (Å²) < 4.78 is 6.26. The van der Waals surface area contributed by atoms with Crippen LogP contribution in [0, 0.1) is 18.8 Å². The number of benzene rings is 1. The van der Waals surface area contributed by atoms with Gasteiger partial charge in [-0.1, -0.05) is 26.0 Å². The highest BCUT2D eigenvalue weighted by Gasteiger charge is 2.32. The first-order chi connectivity index (χ1) is 9.10. The van der Waals surface area contributed by atoms with E-state index in [0.29, 0.717) is 12.1 Å². The molecule has 3 unspecified atom stereocenters. The molecule has 106 valence electrons. The van der Waals surface area contributed by atoms with Gasteiger partial charge in [-0.15, -0.1) is 0 Å². The summed E-state index contributed by atoms with van der Waals surface area (Å²) in [7, 11) is 2.05. The molecular formula is C17H27NO. The second-order valence-corrected chi connectivity index (χ2v) is 6.19. The van der Waals surface area contributed by atoms with Gasteiger partial charge < -0.3 is 10.1 Å². The molecular weight excluding hydrogens is 234 g/mol. The molecule has 0 bridgehead atoms. The summed E-state index contributed by atoms with van der Waals surface area (Å²) in [6, 6.07) is 8.86. The van der Waals surface area contributed by atoms with E-state index in [4.69, 9.17) is 4.74 Å². The highest BCUT2D eigenvalue weighted by Crippen LogP contribution is 2.32. The molecule has 3 atom stereocenters. The van der Waals surface area contributed by atoms with E-state index >= 15 is 0 Å².